The Labute approximate surface area is 247 Å². The molecule has 204 valence electrons. The highest BCUT2D eigenvalue weighted by molar-refractivity contribution is 6.30. The summed E-state index contributed by atoms with van der Waals surface area (Å²) in [6.45, 7) is 0.633. The number of para-hydroxylation sites is 1. The minimum atomic E-state index is -0.316. The summed E-state index contributed by atoms with van der Waals surface area (Å²) in [6.07, 6.45) is 1.73. The first-order valence-corrected chi connectivity index (χ1v) is 14.6. The summed E-state index contributed by atoms with van der Waals surface area (Å²) < 4.78 is 6.25. The molecule has 0 saturated heterocycles. The van der Waals surface area contributed by atoms with Crippen molar-refractivity contribution in [3.05, 3.63) is 150 Å². The molecule has 7 aromatic rings. The largest absolute Gasteiger partial charge is 0.459 e. The fourth-order valence-electron chi connectivity index (χ4n) is 6.44. The lowest BCUT2D eigenvalue weighted by atomic mass is 9.97. The van der Waals surface area contributed by atoms with Crippen LogP contribution in [-0.4, -0.2) is 11.7 Å². The Morgan fingerprint density at radius 2 is 1.40 bits per heavy atom. The Bertz CT molecular complexity index is 2340. The van der Waals surface area contributed by atoms with E-state index < -0.39 is 0 Å². The highest BCUT2D eigenvalue weighted by atomic mass is 16.3. The van der Waals surface area contributed by atoms with Gasteiger partial charge in [-0.05, 0) is 56.1 Å². The van der Waals surface area contributed by atoms with E-state index in [2.05, 4.69) is 120 Å². The maximum absolute atomic E-state index is 6.25. The van der Waals surface area contributed by atoms with Gasteiger partial charge in [0.25, 0.3) is 0 Å². The van der Waals surface area contributed by atoms with Gasteiger partial charge in [0, 0.05) is 28.3 Å². The average Bonchev–Trinajstić information content (AvgIpc) is 3.46. The van der Waals surface area contributed by atoms with Crippen LogP contribution in [0.4, 0.5) is 0 Å². The lowest BCUT2D eigenvalue weighted by Crippen LogP contribution is -2.35. The molecule has 5 heteroatoms. The van der Waals surface area contributed by atoms with Crippen molar-refractivity contribution in [3.8, 4) is 0 Å². The third-order valence-electron chi connectivity index (χ3n) is 8.54. The molecule has 3 heterocycles. The Morgan fingerprint density at radius 3 is 2.33 bits per heavy atom. The van der Waals surface area contributed by atoms with Gasteiger partial charge >= 0.3 is 0 Å². The molecule has 2 aliphatic heterocycles. The fourth-order valence-corrected chi connectivity index (χ4v) is 6.44. The maximum atomic E-state index is 6.25. The van der Waals surface area contributed by atoms with E-state index >= 15 is 0 Å². The van der Waals surface area contributed by atoms with E-state index in [9.17, 15) is 0 Å². The zero-order chi connectivity index (χ0) is 28.3. The summed E-state index contributed by atoms with van der Waals surface area (Å²) in [4.78, 5) is 10.4. The molecule has 0 saturated carbocycles. The SMILES string of the molecule is C1=C(C2=NC(c3ccc4c(ccc5ccccc54)c3)=NC(c3ccc4ccccc4c3)N2)c2c(oc3ccccc23)CN1. The average molecular weight is 555 g/mol. The number of aliphatic imine (C=N–C) groups is 2. The molecule has 2 aliphatic rings. The van der Waals surface area contributed by atoms with Crippen molar-refractivity contribution in [2.45, 2.75) is 12.7 Å². The normalized spacial score (nSPS) is 16.4. The van der Waals surface area contributed by atoms with Crippen LogP contribution in [0.2, 0.25) is 0 Å². The van der Waals surface area contributed by atoms with E-state index in [0.29, 0.717) is 12.4 Å². The van der Waals surface area contributed by atoms with Gasteiger partial charge in [-0.15, -0.1) is 0 Å². The Balaban J connectivity index is 1.21. The van der Waals surface area contributed by atoms with Gasteiger partial charge in [0.15, 0.2) is 5.84 Å². The van der Waals surface area contributed by atoms with E-state index in [-0.39, 0.29) is 6.17 Å². The van der Waals surface area contributed by atoms with Crippen LogP contribution < -0.4 is 10.6 Å². The Hall–Kier alpha value is -5.68. The molecule has 0 radical (unpaired) electrons. The summed E-state index contributed by atoms with van der Waals surface area (Å²) in [7, 11) is 0. The van der Waals surface area contributed by atoms with Gasteiger partial charge in [0.2, 0.25) is 0 Å². The number of rotatable bonds is 3. The van der Waals surface area contributed by atoms with E-state index in [4.69, 9.17) is 14.4 Å². The highest BCUT2D eigenvalue weighted by Crippen LogP contribution is 2.36. The minimum Gasteiger partial charge on any atom is -0.459 e. The van der Waals surface area contributed by atoms with Gasteiger partial charge in [-0.25, -0.2) is 9.98 Å². The standard InChI is InChI=1S/C38H26N4O/c1-2-9-25-19-27(16-13-23(25)7-1)36-40-37(28-17-18-30-26(20-28)15-14-24-8-3-4-10-29(24)30)42-38(41-36)32-21-39-22-34-35(32)31-11-5-6-12-33(31)43-34/h1-21,36,39H,22H2,(H,40,41,42). The zero-order valence-electron chi connectivity index (χ0n) is 23.2. The number of hydrogen-bond acceptors (Lipinski definition) is 5. The summed E-state index contributed by atoms with van der Waals surface area (Å²) in [5.74, 6) is 2.37. The molecular formula is C38H26N4O. The Morgan fingerprint density at radius 1 is 0.651 bits per heavy atom. The molecule has 0 bridgehead atoms. The number of benzene rings is 6. The minimum absolute atomic E-state index is 0.316. The molecule has 0 amide bonds. The molecule has 5 nitrogen and oxygen atoms in total. The van der Waals surface area contributed by atoms with E-state index in [1.807, 2.05) is 18.3 Å². The van der Waals surface area contributed by atoms with Crippen LogP contribution >= 0.6 is 0 Å². The van der Waals surface area contributed by atoms with Crippen molar-refractivity contribution in [1.29, 1.82) is 0 Å². The fraction of sp³-hybridized carbons (Fsp3) is 0.0526. The molecule has 43 heavy (non-hydrogen) atoms. The third kappa shape index (κ3) is 3.93. The van der Waals surface area contributed by atoms with E-state index in [0.717, 1.165) is 50.2 Å². The first-order valence-electron chi connectivity index (χ1n) is 14.6. The van der Waals surface area contributed by atoms with Crippen LogP contribution in [0.15, 0.2) is 142 Å². The summed E-state index contributed by atoms with van der Waals surface area (Å²) in [5.41, 5.74) is 4.98. The second-order valence-corrected chi connectivity index (χ2v) is 11.1. The third-order valence-corrected chi connectivity index (χ3v) is 8.54. The molecule has 0 aliphatic carbocycles. The van der Waals surface area contributed by atoms with Gasteiger partial charge in [0.1, 0.15) is 23.3 Å². The number of nitrogens with zero attached hydrogens (tertiary/aromatic N) is 2. The zero-order valence-corrected chi connectivity index (χ0v) is 23.2. The number of amidine groups is 2. The quantitative estimate of drug-likeness (QED) is 0.215. The van der Waals surface area contributed by atoms with Crippen molar-refractivity contribution in [3.63, 3.8) is 0 Å². The van der Waals surface area contributed by atoms with E-state index in [1.54, 1.807) is 0 Å². The molecule has 2 N–H and O–H groups in total. The molecule has 0 spiro atoms. The van der Waals surface area contributed by atoms with Crippen molar-refractivity contribution < 1.29 is 4.42 Å². The smallest absolute Gasteiger partial charge is 0.159 e. The van der Waals surface area contributed by atoms with Crippen LogP contribution in [0.1, 0.15) is 28.6 Å². The van der Waals surface area contributed by atoms with Gasteiger partial charge < -0.3 is 15.1 Å². The molecule has 6 aromatic carbocycles. The Kier molecular flexibility index (Phi) is 5.26. The highest BCUT2D eigenvalue weighted by Gasteiger charge is 2.28. The number of fused-ring (bicyclic) bond motifs is 7. The predicted octanol–water partition coefficient (Wildman–Crippen LogP) is 8.48. The monoisotopic (exact) mass is 554 g/mol. The summed E-state index contributed by atoms with van der Waals surface area (Å²) in [6, 6.07) is 42.6. The van der Waals surface area contributed by atoms with Crippen LogP contribution in [0.5, 0.6) is 0 Å². The van der Waals surface area contributed by atoms with Crippen molar-refractivity contribution >= 4 is 60.5 Å². The lowest BCUT2D eigenvalue weighted by Gasteiger charge is -2.26. The molecular weight excluding hydrogens is 528 g/mol. The van der Waals surface area contributed by atoms with Gasteiger partial charge in [-0.1, -0.05) is 103 Å². The van der Waals surface area contributed by atoms with Crippen LogP contribution in [-0.2, 0) is 6.54 Å². The molecule has 0 fully saturated rings. The molecule has 1 aromatic heterocycles. The van der Waals surface area contributed by atoms with Crippen molar-refractivity contribution in [2.75, 3.05) is 0 Å². The molecule has 1 atom stereocenters. The number of furan rings is 1. The second kappa shape index (κ2) is 9.43. The first-order chi connectivity index (χ1) is 21.3. The summed E-state index contributed by atoms with van der Waals surface area (Å²) >= 11 is 0. The van der Waals surface area contributed by atoms with Gasteiger partial charge in [-0.2, -0.15) is 0 Å². The van der Waals surface area contributed by atoms with Gasteiger partial charge in [-0.3, -0.25) is 0 Å². The van der Waals surface area contributed by atoms with E-state index in [1.165, 1.54) is 26.9 Å². The number of nitrogens with one attached hydrogen (secondary N) is 2. The van der Waals surface area contributed by atoms with Gasteiger partial charge in [0.05, 0.1) is 6.54 Å². The van der Waals surface area contributed by atoms with Crippen LogP contribution in [0.25, 0.3) is 48.9 Å². The second-order valence-electron chi connectivity index (χ2n) is 11.1. The van der Waals surface area contributed by atoms with Crippen molar-refractivity contribution in [2.24, 2.45) is 9.98 Å². The van der Waals surface area contributed by atoms with Crippen LogP contribution in [0, 0.1) is 0 Å². The molecule has 9 rings (SSSR count). The molecule has 1 unspecified atom stereocenters. The first kappa shape index (κ1) is 24.0. The predicted molar refractivity (Wildman–Crippen MR) is 176 cm³/mol. The lowest BCUT2D eigenvalue weighted by molar-refractivity contribution is 0.531. The maximum Gasteiger partial charge on any atom is 0.159 e. The topological polar surface area (TPSA) is 61.9 Å². The van der Waals surface area contributed by atoms with Crippen LogP contribution in [0.3, 0.4) is 0 Å². The van der Waals surface area contributed by atoms with Crippen molar-refractivity contribution in [1.82, 2.24) is 10.6 Å². The summed E-state index contributed by atoms with van der Waals surface area (Å²) in [5, 5.41) is 15.4. The number of hydrogen-bond donors (Lipinski definition) is 2.